The molecule has 2 rings (SSSR count). The zero-order chi connectivity index (χ0) is 14.0. The van der Waals surface area contributed by atoms with Crippen LogP contribution in [-0.4, -0.2) is 41.2 Å². The van der Waals surface area contributed by atoms with Gasteiger partial charge in [0.1, 0.15) is 5.75 Å². The van der Waals surface area contributed by atoms with Gasteiger partial charge in [0.2, 0.25) is 0 Å². The molecule has 19 heavy (non-hydrogen) atoms. The number of carbonyl (C=O) groups is 1. The van der Waals surface area contributed by atoms with E-state index in [4.69, 9.17) is 4.74 Å². The Morgan fingerprint density at radius 2 is 2.26 bits per heavy atom. The summed E-state index contributed by atoms with van der Waals surface area (Å²) in [5.41, 5.74) is 1.31. The average molecular weight is 263 g/mol. The second-order valence-corrected chi connectivity index (χ2v) is 5.18. The Morgan fingerprint density at radius 3 is 2.89 bits per heavy atom. The Bertz CT molecular complexity index is 472. The Kier molecular flexibility index (Phi) is 4.10. The third kappa shape index (κ3) is 2.89. The topological polar surface area (TPSA) is 49.8 Å². The average Bonchev–Trinajstić information content (AvgIpc) is 2.38. The highest BCUT2D eigenvalue weighted by atomic mass is 16.5. The van der Waals surface area contributed by atoms with Crippen molar-refractivity contribution in [3.8, 4) is 5.75 Å². The number of phenols is 1. The molecule has 1 N–H and O–H groups in total. The number of benzene rings is 1. The molecule has 0 aromatic heterocycles. The summed E-state index contributed by atoms with van der Waals surface area (Å²) in [5.74, 6) is -0.0569. The maximum absolute atomic E-state index is 12.6. The Morgan fingerprint density at radius 1 is 1.53 bits per heavy atom. The first-order chi connectivity index (χ1) is 9.02. The van der Waals surface area contributed by atoms with E-state index in [9.17, 15) is 9.90 Å². The van der Waals surface area contributed by atoms with Crippen molar-refractivity contribution < 1.29 is 14.6 Å². The SMILES string of the molecule is CCC1COC(C)CN1C(=O)c1ccc(C)cc1O. The lowest BCUT2D eigenvalue weighted by Gasteiger charge is -2.38. The van der Waals surface area contributed by atoms with E-state index in [0.29, 0.717) is 18.7 Å². The smallest absolute Gasteiger partial charge is 0.258 e. The van der Waals surface area contributed by atoms with Crippen LogP contribution in [0.5, 0.6) is 5.75 Å². The zero-order valence-corrected chi connectivity index (χ0v) is 11.7. The minimum atomic E-state index is -0.112. The first-order valence-corrected chi connectivity index (χ1v) is 6.75. The van der Waals surface area contributed by atoms with Gasteiger partial charge in [0.15, 0.2) is 0 Å². The van der Waals surface area contributed by atoms with Gasteiger partial charge in [-0.05, 0) is 38.0 Å². The van der Waals surface area contributed by atoms with Gasteiger partial charge in [-0.1, -0.05) is 13.0 Å². The lowest BCUT2D eigenvalue weighted by atomic mass is 10.1. The van der Waals surface area contributed by atoms with Crippen molar-refractivity contribution in [3.63, 3.8) is 0 Å². The molecule has 0 aliphatic carbocycles. The number of hydrogen-bond acceptors (Lipinski definition) is 3. The molecule has 0 radical (unpaired) electrons. The largest absolute Gasteiger partial charge is 0.507 e. The fourth-order valence-corrected chi connectivity index (χ4v) is 2.41. The molecule has 0 bridgehead atoms. The molecule has 1 heterocycles. The highest BCUT2D eigenvalue weighted by Crippen LogP contribution is 2.24. The van der Waals surface area contributed by atoms with Gasteiger partial charge >= 0.3 is 0 Å². The molecule has 0 spiro atoms. The molecular weight excluding hydrogens is 242 g/mol. The monoisotopic (exact) mass is 263 g/mol. The Balaban J connectivity index is 2.25. The van der Waals surface area contributed by atoms with Crippen LogP contribution >= 0.6 is 0 Å². The van der Waals surface area contributed by atoms with E-state index in [1.807, 2.05) is 31.7 Å². The minimum absolute atomic E-state index is 0.0411. The number of phenolic OH excluding ortho intramolecular Hbond substituents is 1. The third-order valence-electron chi connectivity index (χ3n) is 3.58. The van der Waals surface area contributed by atoms with Gasteiger partial charge in [-0.15, -0.1) is 0 Å². The summed E-state index contributed by atoms with van der Waals surface area (Å²) in [4.78, 5) is 14.4. The minimum Gasteiger partial charge on any atom is -0.507 e. The highest BCUT2D eigenvalue weighted by Gasteiger charge is 2.31. The molecule has 1 aromatic carbocycles. The quantitative estimate of drug-likeness (QED) is 0.891. The summed E-state index contributed by atoms with van der Waals surface area (Å²) in [7, 11) is 0. The summed E-state index contributed by atoms with van der Waals surface area (Å²) >= 11 is 0. The lowest BCUT2D eigenvalue weighted by molar-refractivity contribution is -0.0444. The van der Waals surface area contributed by atoms with Crippen LogP contribution in [0.2, 0.25) is 0 Å². The molecule has 2 unspecified atom stereocenters. The van der Waals surface area contributed by atoms with Gasteiger partial charge in [0, 0.05) is 6.54 Å². The molecule has 1 amide bonds. The van der Waals surface area contributed by atoms with Gasteiger partial charge in [-0.25, -0.2) is 0 Å². The zero-order valence-electron chi connectivity index (χ0n) is 11.7. The standard InChI is InChI=1S/C15H21NO3/c1-4-12-9-19-11(3)8-16(12)15(18)13-6-5-10(2)7-14(13)17/h5-7,11-12,17H,4,8-9H2,1-3H3. The van der Waals surface area contributed by atoms with Crippen molar-refractivity contribution in [1.29, 1.82) is 0 Å². The summed E-state index contributed by atoms with van der Waals surface area (Å²) in [6.45, 7) is 7.03. The van der Waals surface area contributed by atoms with Crippen LogP contribution in [0.4, 0.5) is 0 Å². The van der Waals surface area contributed by atoms with Gasteiger partial charge in [0.25, 0.3) is 5.91 Å². The van der Waals surface area contributed by atoms with Crippen molar-refractivity contribution in [2.24, 2.45) is 0 Å². The van der Waals surface area contributed by atoms with Crippen molar-refractivity contribution in [1.82, 2.24) is 4.90 Å². The number of ether oxygens (including phenoxy) is 1. The number of amides is 1. The number of aryl methyl sites for hydroxylation is 1. The normalized spacial score (nSPS) is 23.4. The van der Waals surface area contributed by atoms with Crippen molar-refractivity contribution >= 4 is 5.91 Å². The second-order valence-electron chi connectivity index (χ2n) is 5.18. The molecule has 2 atom stereocenters. The van der Waals surface area contributed by atoms with Crippen LogP contribution in [0.25, 0.3) is 0 Å². The van der Waals surface area contributed by atoms with Crippen LogP contribution in [0.3, 0.4) is 0 Å². The number of carbonyl (C=O) groups excluding carboxylic acids is 1. The molecular formula is C15H21NO3. The summed E-state index contributed by atoms with van der Waals surface area (Å²) in [6, 6.07) is 5.25. The second kappa shape index (κ2) is 5.61. The molecule has 1 aliphatic rings. The molecule has 0 saturated carbocycles. The molecule has 104 valence electrons. The van der Waals surface area contributed by atoms with Crippen LogP contribution in [-0.2, 0) is 4.74 Å². The number of rotatable bonds is 2. The first-order valence-electron chi connectivity index (χ1n) is 6.75. The lowest BCUT2D eigenvalue weighted by Crippen LogP contribution is -2.51. The predicted octanol–water partition coefficient (Wildman–Crippen LogP) is 2.34. The maximum atomic E-state index is 12.6. The van der Waals surface area contributed by atoms with E-state index < -0.39 is 0 Å². The van der Waals surface area contributed by atoms with E-state index in [1.165, 1.54) is 0 Å². The van der Waals surface area contributed by atoms with Crippen LogP contribution in [0, 0.1) is 6.92 Å². The van der Waals surface area contributed by atoms with Crippen molar-refractivity contribution in [2.45, 2.75) is 39.3 Å². The van der Waals surface area contributed by atoms with Crippen LogP contribution < -0.4 is 0 Å². The summed E-state index contributed by atoms with van der Waals surface area (Å²) in [5, 5.41) is 9.94. The first kappa shape index (κ1) is 13.9. The highest BCUT2D eigenvalue weighted by molar-refractivity contribution is 5.97. The van der Waals surface area contributed by atoms with E-state index >= 15 is 0 Å². The van der Waals surface area contributed by atoms with Crippen LogP contribution in [0.1, 0.15) is 36.2 Å². The third-order valence-corrected chi connectivity index (χ3v) is 3.58. The molecule has 4 nitrogen and oxygen atoms in total. The number of morpholine rings is 1. The van der Waals surface area contributed by atoms with Gasteiger partial charge < -0.3 is 14.7 Å². The van der Waals surface area contributed by atoms with Crippen molar-refractivity contribution in [3.05, 3.63) is 29.3 Å². The van der Waals surface area contributed by atoms with Gasteiger partial charge in [-0.3, -0.25) is 4.79 Å². The van der Waals surface area contributed by atoms with Crippen molar-refractivity contribution in [2.75, 3.05) is 13.2 Å². The molecule has 4 heteroatoms. The Hall–Kier alpha value is -1.55. The number of aromatic hydroxyl groups is 1. The van der Waals surface area contributed by atoms with Gasteiger partial charge in [0.05, 0.1) is 24.3 Å². The van der Waals surface area contributed by atoms with Gasteiger partial charge in [-0.2, -0.15) is 0 Å². The fraction of sp³-hybridized carbons (Fsp3) is 0.533. The number of hydrogen-bond donors (Lipinski definition) is 1. The Labute approximate surface area is 114 Å². The van der Waals surface area contributed by atoms with E-state index in [2.05, 4.69) is 0 Å². The van der Waals surface area contributed by atoms with E-state index in [0.717, 1.165) is 12.0 Å². The molecule has 1 aromatic rings. The van der Waals surface area contributed by atoms with E-state index in [1.54, 1.807) is 12.1 Å². The molecule has 1 aliphatic heterocycles. The van der Waals surface area contributed by atoms with E-state index in [-0.39, 0.29) is 23.8 Å². The molecule has 1 saturated heterocycles. The maximum Gasteiger partial charge on any atom is 0.258 e. The van der Waals surface area contributed by atoms with Crippen LogP contribution in [0.15, 0.2) is 18.2 Å². The summed E-state index contributed by atoms with van der Waals surface area (Å²) in [6.07, 6.45) is 0.893. The summed E-state index contributed by atoms with van der Waals surface area (Å²) < 4.78 is 5.59. The predicted molar refractivity (Wildman–Crippen MR) is 73.4 cm³/mol. The number of nitrogens with zero attached hydrogens (tertiary/aromatic N) is 1. The fourth-order valence-electron chi connectivity index (χ4n) is 2.41. The molecule has 1 fully saturated rings.